The molecule has 0 fully saturated rings. The largest absolute Gasteiger partial charge is 0.491 e. The van der Waals surface area contributed by atoms with E-state index in [4.69, 9.17) is 33.7 Å². The van der Waals surface area contributed by atoms with Crippen LogP contribution >= 0.6 is 35.6 Å². The number of unbranched alkanes of at least 4 members (excludes halogenated alkanes) is 1. The van der Waals surface area contributed by atoms with Crippen LogP contribution in [-0.2, 0) is 17.9 Å². The van der Waals surface area contributed by atoms with Crippen LogP contribution in [-0.4, -0.2) is 17.1 Å². The minimum absolute atomic E-state index is 0. The number of nitrogens with two attached hydrogens (primary N) is 1. The van der Waals surface area contributed by atoms with Gasteiger partial charge < -0.3 is 20.4 Å². The molecule has 1 amide bonds. The summed E-state index contributed by atoms with van der Waals surface area (Å²) >= 11 is 12.4. The zero-order valence-electron chi connectivity index (χ0n) is 17.7. The van der Waals surface area contributed by atoms with Crippen LogP contribution in [0.15, 0.2) is 47.3 Å². The van der Waals surface area contributed by atoms with Gasteiger partial charge in [0, 0.05) is 30.6 Å². The number of hydrogen-bond donors (Lipinski definition) is 2. The number of para-hydroxylation sites is 1. The molecule has 172 valence electrons. The smallest absolute Gasteiger partial charge is 0.258 e. The Labute approximate surface area is 203 Å². The maximum atomic E-state index is 13.2. The maximum absolute atomic E-state index is 13.2. The number of anilines is 1. The van der Waals surface area contributed by atoms with E-state index in [-0.39, 0.29) is 48.4 Å². The van der Waals surface area contributed by atoms with Crippen molar-refractivity contribution in [2.75, 3.05) is 11.9 Å². The van der Waals surface area contributed by atoms with E-state index in [1.54, 1.807) is 18.2 Å². The molecule has 0 radical (unpaired) electrons. The molecule has 3 rings (SSSR count). The predicted molar refractivity (Wildman–Crippen MR) is 133 cm³/mol. The predicted octanol–water partition coefficient (Wildman–Crippen LogP) is 5.40. The topological polar surface area (TPSA) is 86.3 Å². The minimum Gasteiger partial charge on any atom is -0.491 e. The van der Waals surface area contributed by atoms with Crippen molar-refractivity contribution in [3.63, 3.8) is 0 Å². The molecular weight excluding hydrogens is 473 g/mol. The number of aromatic nitrogens is 1. The lowest BCUT2D eigenvalue weighted by Gasteiger charge is -2.19. The van der Waals surface area contributed by atoms with Crippen molar-refractivity contribution in [2.24, 2.45) is 5.73 Å². The highest BCUT2D eigenvalue weighted by Gasteiger charge is 2.19. The van der Waals surface area contributed by atoms with E-state index >= 15 is 0 Å². The van der Waals surface area contributed by atoms with Crippen molar-refractivity contribution in [1.82, 2.24) is 4.57 Å². The first kappa shape index (κ1) is 26.0. The first-order chi connectivity index (χ1) is 15.0. The maximum Gasteiger partial charge on any atom is 0.258 e. The van der Waals surface area contributed by atoms with Crippen LogP contribution in [0, 0.1) is 0 Å². The van der Waals surface area contributed by atoms with Gasteiger partial charge in [-0.25, -0.2) is 0 Å². The summed E-state index contributed by atoms with van der Waals surface area (Å²) in [6.45, 7) is 2.78. The van der Waals surface area contributed by atoms with Crippen LogP contribution in [0.4, 0.5) is 5.69 Å². The molecule has 0 saturated carbocycles. The lowest BCUT2D eigenvalue weighted by molar-refractivity contribution is -0.116. The van der Waals surface area contributed by atoms with Crippen molar-refractivity contribution >= 4 is 58.0 Å². The van der Waals surface area contributed by atoms with Gasteiger partial charge in [0.05, 0.1) is 27.7 Å². The number of hydrogen-bond acceptors (Lipinski definition) is 4. The van der Waals surface area contributed by atoms with Crippen LogP contribution in [0.5, 0.6) is 5.75 Å². The standard InChI is InChI=1S/C23H25Cl2N3O3.ClH/c1-2-3-11-31-22-16-12-18(24)19(25)13-17(16)23(30)28(20(22)14-26)10-9-21(29)27-15-7-5-4-6-8-15;/h4-8,12-13H,2-3,9-11,14,26H2,1H3,(H,27,29);1H. The molecule has 32 heavy (non-hydrogen) atoms. The van der Waals surface area contributed by atoms with Crippen molar-refractivity contribution in [2.45, 2.75) is 39.3 Å². The van der Waals surface area contributed by atoms with E-state index in [1.165, 1.54) is 10.6 Å². The summed E-state index contributed by atoms with van der Waals surface area (Å²) in [6, 6.07) is 12.3. The Bertz CT molecular complexity index is 1130. The zero-order chi connectivity index (χ0) is 22.4. The molecule has 0 atom stereocenters. The summed E-state index contributed by atoms with van der Waals surface area (Å²) in [5, 5.41) is 4.38. The second-order valence-electron chi connectivity index (χ2n) is 7.11. The molecule has 0 aliphatic carbocycles. The quantitative estimate of drug-likeness (QED) is 0.387. The average Bonchev–Trinajstić information content (AvgIpc) is 2.76. The van der Waals surface area contributed by atoms with Crippen LogP contribution in [0.2, 0.25) is 10.0 Å². The summed E-state index contributed by atoms with van der Waals surface area (Å²) in [5.41, 5.74) is 6.95. The van der Waals surface area contributed by atoms with Crippen LogP contribution < -0.4 is 21.3 Å². The fourth-order valence-corrected chi connectivity index (χ4v) is 3.66. The average molecular weight is 499 g/mol. The molecule has 9 heteroatoms. The zero-order valence-corrected chi connectivity index (χ0v) is 20.0. The number of benzene rings is 2. The number of rotatable bonds is 9. The van der Waals surface area contributed by atoms with E-state index in [0.717, 1.165) is 12.8 Å². The number of fused-ring (bicyclic) bond motifs is 1. The van der Waals surface area contributed by atoms with Crippen LogP contribution in [0.1, 0.15) is 31.9 Å². The van der Waals surface area contributed by atoms with Crippen molar-refractivity contribution in [1.29, 1.82) is 0 Å². The summed E-state index contributed by atoms with van der Waals surface area (Å²) < 4.78 is 7.53. The van der Waals surface area contributed by atoms with Gasteiger partial charge in [0.1, 0.15) is 5.75 Å². The van der Waals surface area contributed by atoms with E-state index in [9.17, 15) is 9.59 Å². The van der Waals surface area contributed by atoms with Gasteiger partial charge in [-0.2, -0.15) is 0 Å². The SMILES string of the molecule is CCCCOc1c(CN)n(CCC(=O)Nc2ccccc2)c(=O)c2cc(Cl)c(Cl)cc12.Cl. The van der Waals surface area contributed by atoms with Gasteiger partial charge in [-0.15, -0.1) is 12.4 Å². The molecule has 3 N–H and O–H groups in total. The third-order valence-corrected chi connectivity index (χ3v) is 5.65. The summed E-state index contributed by atoms with van der Waals surface area (Å²) in [4.78, 5) is 25.7. The summed E-state index contributed by atoms with van der Waals surface area (Å²) in [6.07, 6.45) is 1.91. The molecule has 0 aliphatic heterocycles. The fraction of sp³-hybridized carbons (Fsp3) is 0.304. The van der Waals surface area contributed by atoms with Crippen molar-refractivity contribution in [3.05, 3.63) is 68.6 Å². The second-order valence-corrected chi connectivity index (χ2v) is 7.93. The van der Waals surface area contributed by atoms with Gasteiger partial charge in [0.25, 0.3) is 5.56 Å². The Morgan fingerprint density at radius 3 is 2.41 bits per heavy atom. The highest BCUT2D eigenvalue weighted by atomic mass is 35.5. The Morgan fingerprint density at radius 1 is 1.12 bits per heavy atom. The third kappa shape index (κ3) is 5.95. The molecule has 0 spiro atoms. The lowest BCUT2D eigenvalue weighted by Crippen LogP contribution is -2.28. The molecular formula is C23H26Cl3N3O3. The van der Waals surface area contributed by atoms with Crippen molar-refractivity contribution in [3.8, 4) is 5.75 Å². The molecule has 6 nitrogen and oxygen atoms in total. The molecule has 1 aromatic heterocycles. The van der Waals surface area contributed by atoms with E-state index in [2.05, 4.69) is 12.2 Å². The molecule has 1 heterocycles. The van der Waals surface area contributed by atoms with Crippen LogP contribution in [0.3, 0.4) is 0 Å². The van der Waals surface area contributed by atoms with Crippen LogP contribution in [0.25, 0.3) is 10.8 Å². The van der Waals surface area contributed by atoms with Gasteiger partial charge in [0.2, 0.25) is 5.91 Å². The summed E-state index contributed by atoms with van der Waals surface area (Å²) in [7, 11) is 0. The van der Waals surface area contributed by atoms with E-state index in [1.807, 2.05) is 18.2 Å². The van der Waals surface area contributed by atoms with Gasteiger partial charge >= 0.3 is 0 Å². The first-order valence-electron chi connectivity index (χ1n) is 10.2. The molecule has 0 aliphatic rings. The first-order valence-corrected chi connectivity index (χ1v) is 10.9. The van der Waals surface area contributed by atoms with Gasteiger partial charge in [-0.1, -0.05) is 54.7 Å². The molecule has 2 aromatic carbocycles. The number of nitrogens with one attached hydrogen (secondary N) is 1. The Balaban J connectivity index is 0.00000363. The molecule has 0 saturated heterocycles. The lowest BCUT2D eigenvalue weighted by atomic mass is 10.1. The Hall–Kier alpha value is -2.25. The highest BCUT2D eigenvalue weighted by Crippen LogP contribution is 2.34. The van der Waals surface area contributed by atoms with Gasteiger partial charge in [0.15, 0.2) is 0 Å². The number of halogens is 3. The number of carbonyl (C=O) groups excluding carboxylic acids is 1. The number of carbonyl (C=O) groups is 1. The Kier molecular flexibility index (Phi) is 9.84. The van der Waals surface area contributed by atoms with E-state index < -0.39 is 0 Å². The highest BCUT2D eigenvalue weighted by molar-refractivity contribution is 6.42. The van der Waals surface area contributed by atoms with Crippen molar-refractivity contribution < 1.29 is 9.53 Å². The number of amides is 1. The number of ether oxygens (including phenoxy) is 1. The fourth-order valence-electron chi connectivity index (χ4n) is 3.33. The number of nitrogens with zero attached hydrogens (tertiary/aromatic N) is 1. The second kappa shape index (κ2) is 12.1. The number of pyridine rings is 1. The third-order valence-electron chi connectivity index (χ3n) is 4.93. The molecule has 0 bridgehead atoms. The van der Waals surface area contributed by atoms with Gasteiger partial charge in [-0.05, 0) is 30.7 Å². The summed E-state index contributed by atoms with van der Waals surface area (Å²) in [5.74, 6) is 0.302. The normalized spacial score (nSPS) is 10.6. The minimum atomic E-state index is -0.288. The molecule has 0 unspecified atom stereocenters. The van der Waals surface area contributed by atoms with E-state index in [0.29, 0.717) is 39.5 Å². The molecule has 3 aromatic rings. The van der Waals surface area contributed by atoms with Gasteiger partial charge in [-0.3, -0.25) is 9.59 Å². The monoisotopic (exact) mass is 497 g/mol. The Morgan fingerprint density at radius 2 is 1.78 bits per heavy atom.